The summed E-state index contributed by atoms with van der Waals surface area (Å²) in [4.78, 5) is 88.0. The third-order valence-corrected chi connectivity index (χ3v) is 13.3. The quantitative estimate of drug-likeness (QED) is 0.0392. The van der Waals surface area contributed by atoms with Gasteiger partial charge in [-0.3, -0.25) is 32.5 Å². The van der Waals surface area contributed by atoms with E-state index in [1.165, 1.54) is 13.8 Å². The Hall–Kier alpha value is -2.48. The molecule has 11 N–H and O–H groups in total. The number of unbranched alkanes of at least 4 members (excludes halogenated alkanes) is 8. The maximum absolute atomic E-state index is 12.7. The fourth-order valence-corrected chi connectivity index (χ4v) is 9.54. The summed E-state index contributed by atoms with van der Waals surface area (Å²) in [7, 11) is -16.4. The topological polar surface area (TPSA) is 384 Å². The van der Waals surface area contributed by atoms with E-state index in [0.717, 1.165) is 86.8 Å². The molecule has 25 nitrogen and oxygen atoms in total. The number of fused-ring (bicyclic) bond motifs is 1. The van der Waals surface area contributed by atoms with Crippen LogP contribution in [0.5, 0.6) is 0 Å². The number of phosphoric acid groups is 3. The summed E-state index contributed by atoms with van der Waals surface area (Å²) < 4.78 is 62.3. The van der Waals surface area contributed by atoms with Crippen LogP contribution in [0.1, 0.15) is 90.7 Å². The van der Waals surface area contributed by atoms with Crippen LogP contribution in [0.25, 0.3) is 11.2 Å². The number of thioether (sulfide) groups is 1. The number of hydrogen-bond donors (Lipinski definition) is 10. The lowest BCUT2D eigenvalue weighted by Gasteiger charge is -2.30. The summed E-state index contributed by atoms with van der Waals surface area (Å²) in [6.45, 7) is 0.765. The molecule has 0 saturated carbocycles. The number of aromatic nitrogens is 4. The van der Waals surface area contributed by atoms with Gasteiger partial charge < -0.3 is 56.0 Å². The van der Waals surface area contributed by atoms with Crippen molar-refractivity contribution in [3.8, 4) is 0 Å². The molecule has 0 aromatic carbocycles. The molecular formula is C33H58N7O18P3S. The number of amides is 2. The van der Waals surface area contributed by atoms with Crippen molar-refractivity contribution in [1.82, 2.24) is 30.2 Å². The van der Waals surface area contributed by atoms with Gasteiger partial charge in [0.1, 0.15) is 36.3 Å². The van der Waals surface area contributed by atoms with Crippen molar-refractivity contribution in [3.05, 3.63) is 12.7 Å². The van der Waals surface area contributed by atoms with E-state index in [9.17, 15) is 57.9 Å². The van der Waals surface area contributed by atoms with Gasteiger partial charge in [0.25, 0.3) is 0 Å². The summed E-state index contributed by atoms with van der Waals surface area (Å²) in [5, 5.41) is 35.3. The number of aliphatic hydroxyl groups excluding tert-OH is 3. The highest BCUT2D eigenvalue weighted by Crippen LogP contribution is 2.61. The Balaban J connectivity index is 1.37. The first-order chi connectivity index (χ1) is 29.1. The molecule has 7 atom stereocenters. The number of imidazole rings is 1. The van der Waals surface area contributed by atoms with Crippen LogP contribution < -0.4 is 16.4 Å². The Kier molecular flexibility index (Phi) is 22.0. The van der Waals surface area contributed by atoms with Gasteiger partial charge in [0.15, 0.2) is 22.8 Å². The molecule has 29 heteroatoms. The highest BCUT2D eigenvalue weighted by atomic mass is 32.2. The molecule has 354 valence electrons. The van der Waals surface area contributed by atoms with E-state index >= 15 is 0 Å². The number of carbonyl (C=O) groups excluding carboxylic acids is 3. The lowest BCUT2D eigenvalue weighted by atomic mass is 9.87. The standard InChI is InChI=1S/C33H58N7O18P3S/c1-33(2,28(45)31(46)36-14-13-23(42)35-15-17-62-24(43)12-10-8-6-4-3-5-7-9-11-16-41)19-55-61(52,53)58-60(50,51)54-18-22-27(57-59(47,48)49)26(44)32(56-22)40-21-39-25-29(34)37-20-38-30(25)40/h20-22,26-28,32,41,44-45H,3-19H2,1-2H3,(H,35,42)(H,36,46)(H,50,51)(H,52,53)(H2,34,37,38)(H2,47,48,49). The molecule has 0 spiro atoms. The summed E-state index contributed by atoms with van der Waals surface area (Å²) >= 11 is 1.13. The second kappa shape index (κ2) is 25.3. The minimum Gasteiger partial charge on any atom is -0.396 e. The lowest BCUT2D eigenvalue weighted by molar-refractivity contribution is -0.137. The summed E-state index contributed by atoms with van der Waals surface area (Å²) in [6, 6.07) is 0. The number of nitrogens with two attached hydrogens (primary N) is 1. The normalized spacial score (nSPS) is 20.7. The van der Waals surface area contributed by atoms with Gasteiger partial charge in [-0.15, -0.1) is 0 Å². The van der Waals surface area contributed by atoms with Gasteiger partial charge in [-0.25, -0.2) is 28.6 Å². The molecule has 1 fully saturated rings. The molecule has 7 unspecified atom stereocenters. The Morgan fingerprint density at radius 1 is 0.919 bits per heavy atom. The minimum absolute atomic E-state index is 0.0303. The highest BCUT2D eigenvalue weighted by Gasteiger charge is 2.50. The van der Waals surface area contributed by atoms with Gasteiger partial charge in [0, 0.05) is 43.7 Å². The van der Waals surface area contributed by atoms with Crippen LogP contribution >= 0.6 is 35.2 Å². The van der Waals surface area contributed by atoms with Gasteiger partial charge >= 0.3 is 23.5 Å². The molecule has 1 aliphatic heterocycles. The number of hydrogen-bond acceptors (Lipinski definition) is 19. The summed E-state index contributed by atoms with van der Waals surface area (Å²) in [5.74, 6) is -1.06. The van der Waals surface area contributed by atoms with Crippen molar-refractivity contribution in [2.45, 2.75) is 115 Å². The Bertz CT molecular complexity index is 1910. The molecular weight excluding hydrogens is 907 g/mol. The molecule has 2 aromatic rings. The van der Waals surface area contributed by atoms with E-state index in [1.54, 1.807) is 0 Å². The first kappa shape index (κ1) is 53.9. The van der Waals surface area contributed by atoms with Crippen LogP contribution in [-0.2, 0) is 50.7 Å². The molecule has 0 radical (unpaired) electrons. The van der Waals surface area contributed by atoms with Crippen molar-refractivity contribution in [1.29, 1.82) is 0 Å². The molecule has 3 heterocycles. The van der Waals surface area contributed by atoms with Crippen molar-refractivity contribution in [2.24, 2.45) is 5.41 Å². The van der Waals surface area contributed by atoms with Gasteiger partial charge in [-0.1, -0.05) is 70.6 Å². The Labute approximate surface area is 361 Å². The second-order valence-electron chi connectivity index (χ2n) is 14.9. The minimum atomic E-state index is -5.58. The second-order valence-corrected chi connectivity index (χ2v) is 20.3. The third-order valence-electron chi connectivity index (χ3n) is 9.30. The van der Waals surface area contributed by atoms with Gasteiger partial charge in [0.05, 0.1) is 19.5 Å². The Morgan fingerprint density at radius 2 is 1.55 bits per heavy atom. The Morgan fingerprint density at radius 3 is 2.19 bits per heavy atom. The summed E-state index contributed by atoms with van der Waals surface area (Å²) in [6.07, 6.45) is 2.84. The predicted molar refractivity (Wildman–Crippen MR) is 220 cm³/mol. The van der Waals surface area contributed by atoms with Crippen LogP contribution in [-0.4, -0.2) is 134 Å². The SMILES string of the molecule is CC(C)(COP(=O)(O)OP(=O)(O)OCC1OC(n2cnc3c(N)ncnc32)C(O)C1OP(=O)(O)O)C(O)C(=O)NCCC(=O)NCCSC(=O)CCCCCCCCCCCO. The number of nitrogen functional groups attached to an aromatic ring is 1. The average molecular weight is 966 g/mol. The van der Waals surface area contributed by atoms with Crippen molar-refractivity contribution < 1.29 is 85.6 Å². The number of carbonyl (C=O) groups is 3. The first-order valence-electron chi connectivity index (χ1n) is 19.7. The van der Waals surface area contributed by atoms with Crippen molar-refractivity contribution in [2.75, 3.05) is 44.4 Å². The molecule has 0 bridgehead atoms. The number of phosphoric ester groups is 3. The molecule has 0 aliphatic carbocycles. The summed E-state index contributed by atoms with van der Waals surface area (Å²) in [5.41, 5.74) is 4.27. The monoisotopic (exact) mass is 965 g/mol. The van der Waals surface area contributed by atoms with Crippen LogP contribution in [0.15, 0.2) is 12.7 Å². The van der Waals surface area contributed by atoms with Crippen molar-refractivity contribution in [3.63, 3.8) is 0 Å². The zero-order valence-electron chi connectivity index (χ0n) is 34.3. The number of aliphatic hydroxyl groups is 3. The molecule has 3 rings (SSSR count). The van der Waals surface area contributed by atoms with Gasteiger partial charge in [-0.2, -0.15) is 4.31 Å². The lowest BCUT2D eigenvalue weighted by Crippen LogP contribution is -2.46. The fraction of sp³-hybridized carbons (Fsp3) is 0.758. The van der Waals surface area contributed by atoms with E-state index in [-0.39, 0.29) is 48.2 Å². The maximum atomic E-state index is 12.7. The van der Waals surface area contributed by atoms with E-state index in [1.807, 2.05) is 0 Å². The van der Waals surface area contributed by atoms with Gasteiger partial charge in [-0.05, 0) is 12.8 Å². The smallest absolute Gasteiger partial charge is 0.396 e. The molecule has 62 heavy (non-hydrogen) atoms. The molecule has 2 amide bonds. The van der Waals surface area contributed by atoms with E-state index in [2.05, 4.69) is 34.4 Å². The average Bonchev–Trinajstić information content (AvgIpc) is 3.75. The predicted octanol–water partition coefficient (Wildman–Crippen LogP) is 1.56. The first-order valence-corrected chi connectivity index (χ1v) is 25.2. The fourth-order valence-electron chi connectivity index (χ4n) is 5.99. The van der Waals surface area contributed by atoms with Gasteiger partial charge in [0.2, 0.25) is 11.8 Å². The number of anilines is 1. The number of rotatable bonds is 30. The molecule has 1 aliphatic rings. The van der Waals surface area contributed by atoms with E-state index in [0.29, 0.717) is 12.2 Å². The number of nitrogens with zero attached hydrogens (tertiary/aromatic N) is 4. The number of ether oxygens (including phenoxy) is 1. The molecule has 2 aromatic heterocycles. The zero-order valence-corrected chi connectivity index (χ0v) is 37.8. The third kappa shape index (κ3) is 18.6. The van der Waals surface area contributed by atoms with Crippen molar-refractivity contribution >= 4 is 69.1 Å². The number of nitrogens with one attached hydrogen (secondary N) is 2. The zero-order chi connectivity index (χ0) is 46.1. The van der Waals surface area contributed by atoms with Crippen LogP contribution in [0.3, 0.4) is 0 Å². The van der Waals surface area contributed by atoms with Crippen LogP contribution in [0.2, 0.25) is 0 Å². The maximum Gasteiger partial charge on any atom is 0.481 e. The molecule has 1 saturated heterocycles. The van der Waals surface area contributed by atoms with E-state index in [4.69, 9.17) is 24.6 Å². The largest absolute Gasteiger partial charge is 0.481 e. The van der Waals surface area contributed by atoms with E-state index < -0.39 is 84.6 Å². The van der Waals surface area contributed by atoms with Crippen LogP contribution in [0.4, 0.5) is 5.82 Å². The highest BCUT2D eigenvalue weighted by molar-refractivity contribution is 8.13. The van der Waals surface area contributed by atoms with Crippen LogP contribution in [0, 0.1) is 5.41 Å².